The van der Waals surface area contributed by atoms with Crippen LogP contribution in [0.25, 0.3) is 27.5 Å². The van der Waals surface area contributed by atoms with Crippen LogP contribution in [0.5, 0.6) is 0 Å². The molecular weight excluding hydrogens is 335 g/mol. The van der Waals surface area contributed by atoms with Crippen LogP contribution in [0.3, 0.4) is 0 Å². The maximum absolute atomic E-state index is 14.0. The van der Waals surface area contributed by atoms with Gasteiger partial charge in [-0.3, -0.25) is 19.7 Å². The summed E-state index contributed by atoms with van der Waals surface area (Å²) in [6.45, 7) is 2.35. The van der Waals surface area contributed by atoms with Gasteiger partial charge in [-0.25, -0.2) is 9.07 Å². The van der Waals surface area contributed by atoms with Crippen LogP contribution >= 0.6 is 0 Å². The monoisotopic (exact) mass is 350 g/mol. The molecule has 0 bridgehead atoms. The molecule has 130 valence electrons. The smallest absolute Gasteiger partial charge is 0.280 e. The van der Waals surface area contributed by atoms with E-state index in [2.05, 4.69) is 15.4 Å². The van der Waals surface area contributed by atoms with Crippen LogP contribution in [0, 0.1) is 5.82 Å². The van der Waals surface area contributed by atoms with Crippen molar-refractivity contribution in [3.63, 3.8) is 0 Å². The lowest BCUT2D eigenvalue weighted by molar-refractivity contribution is 0.0956. The Morgan fingerprint density at radius 1 is 1.23 bits per heavy atom. The average molecular weight is 350 g/mol. The third-order valence-electron chi connectivity index (χ3n) is 4.21. The number of nitrogens with zero attached hydrogens (tertiary/aromatic N) is 2. The number of aromatic nitrogens is 3. The number of halogens is 1. The van der Waals surface area contributed by atoms with E-state index < -0.39 is 5.82 Å². The summed E-state index contributed by atoms with van der Waals surface area (Å²) in [6, 6.07) is 11.3. The first-order valence-electron chi connectivity index (χ1n) is 8.16. The van der Waals surface area contributed by atoms with Gasteiger partial charge in [0, 0.05) is 23.7 Å². The highest BCUT2D eigenvalue weighted by Crippen LogP contribution is 2.22. The zero-order chi connectivity index (χ0) is 18.3. The lowest BCUT2D eigenvalue weighted by Gasteiger charge is -2.05. The number of fused-ring (bicyclic) bond motifs is 3. The molecule has 0 saturated carbocycles. The number of benzene rings is 2. The Balaban J connectivity index is 1.93. The van der Waals surface area contributed by atoms with Gasteiger partial charge in [-0.15, -0.1) is 0 Å². The molecule has 0 aliphatic heterocycles. The summed E-state index contributed by atoms with van der Waals surface area (Å²) in [5.74, 6) is -0.663. The zero-order valence-electron chi connectivity index (χ0n) is 13.9. The number of carbonyl (C=O) groups is 1. The van der Waals surface area contributed by atoms with Crippen molar-refractivity contribution in [3.05, 3.63) is 70.4 Å². The highest BCUT2D eigenvalue weighted by atomic mass is 19.1. The van der Waals surface area contributed by atoms with E-state index in [9.17, 15) is 14.0 Å². The number of rotatable bonds is 3. The van der Waals surface area contributed by atoms with Crippen LogP contribution in [0.2, 0.25) is 0 Å². The minimum Gasteiger partial charge on any atom is -0.352 e. The molecule has 1 amide bonds. The van der Waals surface area contributed by atoms with Gasteiger partial charge < -0.3 is 5.32 Å². The molecule has 0 aliphatic rings. The number of para-hydroxylation sites is 1. The predicted molar refractivity (Wildman–Crippen MR) is 97.2 cm³/mol. The summed E-state index contributed by atoms with van der Waals surface area (Å²) in [5.41, 5.74) is 1.35. The van der Waals surface area contributed by atoms with Crippen LogP contribution in [0.4, 0.5) is 4.39 Å². The van der Waals surface area contributed by atoms with Crippen LogP contribution in [-0.2, 0) is 0 Å². The number of amides is 1. The second-order valence-corrected chi connectivity index (χ2v) is 5.85. The molecule has 26 heavy (non-hydrogen) atoms. The molecule has 6 nitrogen and oxygen atoms in total. The number of carbonyl (C=O) groups excluding carboxylic acids is 1. The Bertz CT molecular complexity index is 1210. The number of aromatic amines is 1. The summed E-state index contributed by atoms with van der Waals surface area (Å²) >= 11 is 0. The van der Waals surface area contributed by atoms with Gasteiger partial charge >= 0.3 is 0 Å². The van der Waals surface area contributed by atoms with E-state index in [-0.39, 0.29) is 17.0 Å². The third-order valence-corrected chi connectivity index (χ3v) is 4.21. The van der Waals surface area contributed by atoms with E-state index in [1.807, 2.05) is 6.92 Å². The maximum atomic E-state index is 14.0. The second-order valence-electron chi connectivity index (χ2n) is 5.85. The molecule has 0 aliphatic carbocycles. The molecular formula is C19H15FN4O2. The molecule has 0 atom stereocenters. The van der Waals surface area contributed by atoms with Gasteiger partial charge in [-0.1, -0.05) is 18.2 Å². The van der Waals surface area contributed by atoms with E-state index in [0.717, 1.165) is 0 Å². The van der Waals surface area contributed by atoms with Crippen molar-refractivity contribution in [3.8, 4) is 5.69 Å². The van der Waals surface area contributed by atoms with Gasteiger partial charge in [0.1, 0.15) is 11.3 Å². The SMILES string of the molecule is CCNC(=O)c1cccc(-n2[nH]c3c(cnc4c(F)cccc43)c2=O)c1. The Morgan fingerprint density at radius 2 is 2.04 bits per heavy atom. The molecule has 0 spiro atoms. The first-order chi connectivity index (χ1) is 12.6. The summed E-state index contributed by atoms with van der Waals surface area (Å²) in [6.07, 6.45) is 1.36. The fraction of sp³-hybridized carbons (Fsp3) is 0.105. The van der Waals surface area contributed by atoms with Crippen molar-refractivity contribution in [2.24, 2.45) is 0 Å². The van der Waals surface area contributed by atoms with Crippen LogP contribution in [0.15, 0.2) is 53.5 Å². The molecule has 4 aromatic rings. The molecule has 2 aromatic heterocycles. The number of nitrogens with one attached hydrogen (secondary N) is 2. The zero-order valence-corrected chi connectivity index (χ0v) is 13.9. The van der Waals surface area contributed by atoms with E-state index in [4.69, 9.17) is 0 Å². The molecule has 0 saturated heterocycles. The number of hydrogen-bond donors (Lipinski definition) is 2. The molecule has 2 N–H and O–H groups in total. The molecule has 4 rings (SSSR count). The molecule has 2 aromatic carbocycles. The van der Waals surface area contributed by atoms with Crippen molar-refractivity contribution >= 4 is 27.7 Å². The summed E-state index contributed by atoms with van der Waals surface area (Å²) in [7, 11) is 0. The van der Waals surface area contributed by atoms with Crippen molar-refractivity contribution in [1.29, 1.82) is 0 Å². The topological polar surface area (TPSA) is 79.8 Å². The Labute approximate surface area is 147 Å². The summed E-state index contributed by atoms with van der Waals surface area (Å²) in [5, 5.41) is 6.62. The van der Waals surface area contributed by atoms with Crippen LogP contribution in [0.1, 0.15) is 17.3 Å². The summed E-state index contributed by atoms with van der Waals surface area (Å²) < 4.78 is 15.3. The predicted octanol–water partition coefficient (Wildman–Crippen LogP) is 2.76. The largest absolute Gasteiger partial charge is 0.352 e. The van der Waals surface area contributed by atoms with Crippen LogP contribution < -0.4 is 10.9 Å². The highest BCUT2D eigenvalue weighted by molar-refractivity contribution is 6.03. The number of pyridine rings is 1. The van der Waals surface area contributed by atoms with Gasteiger partial charge in [-0.2, -0.15) is 0 Å². The third kappa shape index (κ3) is 2.45. The first-order valence-corrected chi connectivity index (χ1v) is 8.16. The Kier molecular flexibility index (Phi) is 3.76. The van der Waals surface area contributed by atoms with E-state index >= 15 is 0 Å². The lowest BCUT2D eigenvalue weighted by Crippen LogP contribution is -2.23. The van der Waals surface area contributed by atoms with E-state index in [0.29, 0.717) is 34.1 Å². The molecule has 2 heterocycles. The molecule has 7 heteroatoms. The van der Waals surface area contributed by atoms with Crippen molar-refractivity contribution in [2.45, 2.75) is 6.92 Å². The van der Waals surface area contributed by atoms with Crippen molar-refractivity contribution < 1.29 is 9.18 Å². The fourth-order valence-corrected chi connectivity index (χ4v) is 2.98. The normalized spacial score (nSPS) is 11.2. The average Bonchev–Trinajstić information content (AvgIpc) is 3.00. The Morgan fingerprint density at radius 3 is 2.85 bits per heavy atom. The number of H-pyrrole nitrogens is 1. The van der Waals surface area contributed by atoms with Crippen LogP contribution in [-0.4, -0.2) is 27.2 Å². The minimum absolute atomic E-state index is 0.199. The van der Waals surface area contributed by atoms with Gasteiger partial charge in [0.15, 0.2) is 0 Å². The minimum atomic E-state index is -0.448. The lowest BCUT2D eigenvalue weighted by atomic mass is 10.1. The molecule has 0 fully saturated rings. The molecule has 0 unspecified atom stereocenters. The second kappa shape index (κ2) is 6.11. The quantitative estimate of drug-likeness (QED) is 0.596. The maximum Gasteiger partial charge on any atom is 0.280 e. The van der Waals surface area contributed by atoms with Gasteiger partial charge in [-0.05, 0) is 31.2 Å². The van der Waals surface area contributed by atoms with Gasteiger partial charge in [0.05, 0.1) is 16.6 Å². The first kappa shape index (κ1) is 16.0. The number of hydrogen-bond acceptors (Lipinski definition) is 3. The standard InChI is InChI=1S/C19H15FN4O2/c1-2-21-18(25)11-5-3-6-12(9-11)24-19(26)14-10-22-17-13(16(14)23-24)7-4-8-15(17)20/h3-10,23H,2H2,1H3,(H,21,25). The summed E-state index contributed by atoms with van der Waals surface area (Å²) in [4.78, 5) is 28.9. The Hall–Kier alpha value is -3.48. The van der Waals surface area contributed by atoms with E-state index in [1.165, 1.54) is 16.9 Å². The van der Waals surface area contributed by atoms with Gasteiger partial charge in [0.25, 0.3) is 11.5 Å². The molecule has 0 radical (unpaired) electrons. The van der Waals surface area contributed by atoms with Gasteiger partial charge in [0.2, 0.25) is 0 Å². The fourth-order valence-electron chi connectivity index (χ4n) is 2.98. The van der Waals surface area contributed by atoms with E-state index in [1.54, 1.807) is 36.4 Å². The van der Waals surface area contributed by atoms with Crippen molar-refractivity contribution in [2.75, 3.05) is 6.54 Å². The van der Waals surface area contributed by atoms with Crippen molar-refractivity contribution in [1.82, 2.24) is 20.1 Å². The highest BCUT2D eigenvalue weighted by Gasteiger charge is 2.14.